The van der Waals surface area contributed by atoms with Crippen molar-refractivity contribution in [3.63, 3.8) is 0 Å². The van der Waals surface area contributed by atoms with Crippen LogP contribution in [0.5, 0.6) is 5.75 Å². The Labute approximate surface area is 142 Å². The van der Waals surface area contributed by atoms with Crippen LogP contribution >= 0.6 is 0 Å². The standard InChI is InChI=1S/C18H25N3O3/c1-12-18(23)21-10-15(19-13(2)22)8-16(21)11-20(12)9-14-6-4-5-7-17(14)24-3/h4-7,12,15-16H,8-11H2,1-3H3,(H,19,22)/t12-,15-,16-/m0/s1. The number of hydrogen-bond acceptors (Lipinski definition) is 4. The molecule has 1 aromatic rings. The molecule has 0 spiro atoms. The second-order valence-corrected chi connectivity index (χ2v) is 6.69. The Hall–Kier alpha value is -2.08. The maximum absolute atomic E-state index is 12.7. The van der Waals surface area contributed by atoms with Gasteiger partial charge >= 0.3 is 0 Å². The van der Waals surface area contributed by atoms with Crippen molar-refractivity contribution in [3.8, 4) is 5.75 Å². The number of carbonyl (C=O) groups is 2. The smallest absolute Gasteiger partial charge is 0.240 e. The Morgan fingerprint density at radius 2 is 2.08 bits per heavy atom. The van der Waals surface area contributed by atoms with E-state index in [1.165, 1.54) is 6.92 Å². The summed E-state index contributed by atoms with van der Waals surface area (Å²) in [6, 6.07) is 7.99. The zero-order chi connectivity index (χ0) is 17.3. The molecule has 1 aromatic carbocycles. The zero-order valence-electron chi connectivity index (χ0n) is 14.5. The molecule has 3 atom stereocenters. The molecule has 24 heavy (non-hydrogen) atoms. The normalized spacial score (nSPS) is 27.0. The molecule has 0 bridgehead atoms. The maximum Gasteiger partial charge on any atom is 0.240 e. The van der Waals surface area contributed by atoms with Gasteiger partial charge in [-0.3, -0.25) is 14.5 Å². The maximum atomic E-state index is 12.7. The second kappa shape index (κ2) is 6.81. The molecule has 6 nitrogen and oxygen atoms in total. The van der Waals surface area contributed by atoms with E-state index in [0.717, 1.165) is 24.3 Å². The number of para-hydroxylation sites is 1. The lowest BCUT2D eigenvalue weighted by Gasteiger charge is -2.41. The van der Waals surface area contributed by atoms with Crippen molar-refractivity contribution in [1.82, 2.24) is 15.1 Å². The molecule has 2 amide bonds. The average molecular weight is 331 g/mol. The fraction of sp³-hybridized carbons (Fsp3) is 0.556. The molecule has 0 aromatic heterocycles. The van der Waals surface area contributed by atoms with Gasteiger partial charge in [-0.05, 0) is 19.4 Å². The highest BCUT2D eigenvalue weighted by Gasteiger charge is 2.43. The van der Waals surface area contributed by atoms with Crippen molar-refractivity contribution in [2.24, 2.45) is 0 Å². The lowest BCUT2D eigenvalue weighted by molar-refractivity contribution is -0.143. The second-order valence-electron chi connectivity index (χ2n) is 6.69. The molecule has 130 valence electrons. The summed E-state index contributed by atoms with van der Waals surface area (Å²) in [5.41, 5.74) is 1.09. The van der Waals surface area contributed by atoms with Crippen LogP contribution in [0.2, 0.25) is 0 Å². The van der Waals surface area contributed by atoms with Crippen LogP contribution in [-0.4, -0.2) is 59.9 Å². The van der Waals surface area contributed by atoms with E-state index < -0.39 is 0 Å². The van der Waals surface area contributed by atoms with Crippen LogP contribution in [0.3, 0.4) is 0 Å². The molecular formula is C18H25N3O3. The minimum atomic E-state index is -0.165. The topological polar surface area (TPSA) is 61.9 Å². The molecule has 3 rings (SSSR count). The van der Waals surface area contributed by atoms with Crippen LogP contribution in [-0.2, 0) is 16.1 Å². The highest BCUT2D eigenvalue weighted by Crippen LogP contribution is 2.29. The molecule has 0 radical (unpaired) electrons. The summed E-state index contributed by atoms with van der Waals surface area (Å²) in [4.78, 5) is 28.2. The third kappa shape index (κ3) is 3.24. The van der Waals surface area contributed by atoms with Crippen molar-refractivity contribution in [3.05, 3.63) is 29.8 Å². The summed E-state index contributed by atoms with van der Waals surface area (Å²) in [5.74, 6) is 0.961. The van der Waals surface area contributed by atoms with Crippen molar-refractivity contribution >= 4 is 11.8 Å². The summed E-state index contributed by atoms with van der Waals surface area (Å²) in [5, 5.41) is 2.94. The quantitative estimate of drug-likeness (QED) is 0.894. The molecule has 2 aliphatic rings. The summed E-state index contributed by atoms with van der Waals surface area (Å²) < 4.78 is 5.43. The number of ether oxygens (including phenoxy) is 1. The van der Waals surface area contributed by atoms with Crippen molar-refractivity contribution in [1.29, 1.82) is 0 Å². The molecule has 6 heteroatoms. The monoisotopic (exact) mass is 331 g/mol. The third-order valence-corrected chi connectivity index (χ3v) is 5.02. The zero-order valence-corrected chi connectivity index (χ0v) is 14.5. The van der Waals surface area contributed by atoms with Gasteiger partial charge in [-0.15, -0.1) is 0 Å². The first-order valence-corrected chi connectivity index (χ1v) is 8.43. The van der Waals surface area contributed by atoms with Crippen LogP contribution in [0.1, 0.15) is 25.8 Å². The van der Waals surface area contributed by atoms with Gasteiger partial charge in [-0.1, -0.05) is 18.2 Å². The molecular weight excluding hydrogens is 306 g/mol. The average Bonchev–Trinajstić information content (AvgIpc) is 2.94. The molecule has 2 aliphatic heterocycles. The predicted molar refractivity (Wildman–Crippen MR) is 90.6 cm³/mol. The number of nitrogens with one attached hydrogen (secondary N) is 1. The van der Waals surface area contributed by atoms with Crippen LogP contribution in [0, 0.1) is 0 Å². The first kappa shape index (κ1) is 16.8. The molecule has 0 saturated carbocycles. The van der Waals surface area contributed by atoms with Gasteiger partial charge < -0.3 is 15.0 Å². The summed E-state index contributed by atoms with van der Waals surface area (Å²) in [6.45, 7) is 5.61. The Bertz CT molecular complexity index is 634. The van der Waals surface area contributed by atoms with Gasteiger partial charge in [0.25, 0.3) is 0 Å². The van der Waals surface area contributed by atoms with E-state index >= 15 is 0 Å². The fourth-order valence-electron chi connectivity index (χ4n) is 3.83. The molecule has 0 unspecified atom stereocenters. The summed E-state index contributed by atoms with van der Waals surface area (Å²) >= 11 is 0. The predicted octanol–water partition coefficient (Wildman–Crippen LogP) is 1.00. The number of nitrogens with zero attached hydrogens (tertiary/aromatic N) is 2. The van der Waals surface area contributed by atoms with E-state index in [1.807, 2.05) is 36.1 Å². The van der Waals surface area contributed by atoms with E-state index in [9.17, 15) is 9.59 Å². The van der Waals surface area contributed by atoms with Crippen molar-refractivity contribution < 1.29 is 14.3 Å². The van der Waals surface area contributed by atoms with E-state index in [0.29, 0.717) is 13.1 Å². The number of benzene rings is 1. The van der Waals surface area contributed by atoms with Gasteiger partial charge in [0.05, 0.1) is 13.2 Å². The lowest BCUT2D eigenvalue weighted by Crippen LogP contribution is -2.58. The summed E-state index contributed by atoms with van der Waals surface area (Å²) in [7, 11) is 1.67. The van der Waals surface area contributed by atoms with Gasteiger partial charge in [-0.25, -0.2) is 0 Å². The van der Waals surface area contributed by atoms with E-state index in [-0.39, 0.29) is 29.9 Å². The number of piperazine rings is 1. The third-order valence-electron chi connectivity index (χ3n) is 5.02. The highest BCUT2D eigenvalue weighted by molar-refractivity contribution is 5.83. The minimum Gasteiger partial charge on any atom is -0.496 e. The SMILES string of the molecule is COc1ccccc1CN1C[C@@H]2C[C@H](NC(C)=O)CN2C(=O)[C@@H]1C. The van der Waals surface area contributed by atoms with Gasteiger partial charge in [0.1, 0.15) is 5.75 Å². The first-order chi connectivity index (χ1) is 11.5. The number of amides is 2. The Balaban J connectivity index is 1.73. The number of fused-ring (bicyclic) bond motifs is 1. The Kier molecular flexibility index (Phi) is 4.76. The van der Waals surface area contributed by atoms with Crippen LogP contribution in [0.4, 0.5) is 0 Å². The van der Waals surface area contributed by atoms with Crippen LogP contribution < -0.4 is 10.1 Å². The van der Waals surface area contributed by atoms with Gasteiger partial charge in [0.2, 0.25) is 11.8 Å². The molecule has 1 N–H and O–H groups in total. The Morgan fingerprint density at radius 3 is 2.79 bits per heavy atom. The van der Waals surface area contributed by atoms with Crippen molar-refractivity contribution in [2.45, 2.75) is 44.9 Å². The van der Waals surface area contributed by atoms with Gasteiger partial charge in [0, 0.05) is 44.2 Å². The van der Waals surface area contributed by atoms with Gasteiger partial charge in [-0.2, -0.15) is 0 Å². The lowest BCUT2D eigenvalue weighted by atomic mass is 10.0. The van der Waals surface area contributed by atoms with Gasteiger partial charge in [0.15, 0.2) is 0 Å². The minimum absolute atomic E-state index is 0.0359. The fourth-order valence-corrected chi connectivity index (χ4v) is 3.83. The van der Waals surface area contributed by atoms with Crippen LogP contribution in [0.15, 0.2) is 24.3 Å². The van der Waals surface area contributed by atoms with E-state index in [2.05, 4.69) is 10.2 Å². The molecule has 2 fully saturated rings. The number of methoxy groups -OCH3 is 1. The molecule has 2 heterocycles. The highest BCUT2D eigenvalue weighted by atomic mass is 16.5. The van der Waals surface area contributed by atoms with Crippen LogP contribution in [0.25, 0.3) is 0 Å². The molecule has 2 saturated heterocycles. The molecule has 0 aliphatic carbocycles. The number of rotatable bonds is 4. The Morgan fingerprint density at radius 1 is 1.33 bits per heavy atom. The van der Waals surface area contributed by atoms with E-state index in [1.54, 1.807) is 7.11 Å². The van der Waals surface area contributed by atoms with Crippen molar-refractivity contribution in [2.75, 3.05) is 20.2 Å². The number of carbonyl (C=O) groups excluding carboxylic acids is 2. The largest absolute Gasteiger partial charge is 0.496 e. The van der Waals surface area contributed by atoms with E-state index in [4.69, 9.17) is 4.74 Å². The summed E-state index contributed by atoms with van der Waals surface area (Å²) in [6.07, 6.45) is 0.820. The first-order valence-electron chi connectivity index (χ1n) is 8.43. The number of hydrogen-bond donors (Lipinski definition) is 1.